The molecule has 162 valence electrons. The van der Waals surface area contributed by atoms with Crippen LogP contribution in [0.15, 0.2) is 15.6 Å². The van der Waals surface area contributed by atoms with E-state index in [9.17, 15) is 4.79 Å². The number of carbonyl (C=O) groups excluding carboxylic acids is 1. The zero-order valence-electron chi connectivity index (χ0n) is 17.9. The Labute approximate surface area is 173 Å². The summed E-state index contributed by atoms with van der Waals surface area (Å²) >= 11 is 0. The summed E-state index contributed by atoms with van der Waals surface area (Å²) in [5, 5.41) is 7.47. The number of hydrogen-bond donors (Lipinski definition) is 1. The molecule has 0 atom stereocenters. The molecule has 2 fully saturated rings. The minimum absolute atomic E-state index is 0.0752. The molecule has 1 aromatic rings. The summed E-state index contributed by atoms with van der Waals surface area (Å²) in [7, 11) is 0. The minimum atomic E-state index is -0.0752. The third kappa shape index (κ3) is 7.03. The van der Waals surface area contributed by atoms with Gasteiger partial charge in [0.05, 0.1) is 5.69 Å². The lowest BCUT2D eigenvalue weighted by molar-refractivity contribution is -0.148. The van der Waals surface area contributed by atoms with E-state index in [0.717, 1.165) is 75.9 Å². The molecule has 8 heteroatoms. The highest BCUT2D eigenvalue weighted by molar-refractivity contribution is 5.80. The van der Waals surface area contributed by atoms with Crippen molar-refractivity contribution in [3.63, 3.8) is 0 Å². The molecule has 3 rings (SSSR count). The summed E-state index contributed by atoms with van der Waals surface area (Å²) in [5.41, 5.74) is 0.987. The minimum Gasteiger partial charge on any atom is -0.462 e. The highest BCUT2D eigenvalue weighted by Crippen LogP contribution is 2.21. The second-order valence-corrected chi connectivity index (χ2v) is 7.93. The number of hydrogen-bond acceptors (Lipinski definition) is 6. The van der Waals surface area contributed by atoms with Gasteiger partial charge in [-0.15, -0.1) is 0 Å². The van der Waals surface area contributed by atoms with Gasteiger partial charge in [-0.05, 0) is 46.0 Å². The summed E-state index contributed by atoms with van der Waals surface area (Å²) in [4.78, 5) is 21.4. The molecule has 0 amide bonds. The van der Waals surface area contributed by atoms with E-state index < -0.39 is 0 Å². The number of ether oxygens (including phenoxy) is 1. The van der Waals surface area contributed by atoms with Crippen LogP contribution in [0.3, 0.4) is 0 Å². The molecule has 0 bridgehead atoms. The first kappa shape index (κ1) is 21.6. The molecule has 29 heavy (non-hydrogen) atoms. The van der Waals surface area contributed by atoms with Crippen molar-refractivity contribution in [1.29, 1.82) is 0 Å². The lowest BCUT2D eigenvalue weighted by Crippen LogP contribution is -2.52. The number of aliphatic imine (C=N–C) groups is 1. The van der Waals surface area contributed by atoms with E-state index in [1.54, 1.807) is 0 Å². The first-order chi connectivity index (χ1) is 14.1. The molecular formula is C21H35N5O3. The average Bonchev–Trinajstić information content (AvgIpc) is 3.36. The van der Waals surface area contributed by atoms with Gasteiger partial charge in [-0.1, -0.05) is 5.16 Å². The second-order valence-electron chi connectivity index (χ2n) is 7.93. The van der Waals surface area contributed by atoms with Gasteiger partial charge in [0, 0.05) is 58.3 Å². The lowest BCUT2D eigenvalue weighted by Gasteiger charge is -2.36. The van der Waals surface area contributed by atoms with Crippen molar-refractivity contribution in [2.45, 2.75) is 65.0 Å². The molecule has 1 saturated carbocycles. The van der Waals surface area contributed by atoms with Gasteiger partial charge in [-0.2, -0.15) is 0 Å². The van der Waals surface area contributed by atoms with Crippen LogP contribution in [0.1, 0.15) is 56.9 Å². The summed E-state index contributed by atoms with van der Waals surface area (Å²) < 4.78 is 10.7. The maximum Gasteiger partial charge on any atom is 0.306 e. The molecule has 0 unspecified atom stereocenters. The number of nitrogens with zero attached hydrogens (tertiary/aromatic N) is 4. The number of nitrogens with one attached hydrogen (secondary N) is 1. The van der Waals surface area contributed by atoms with Gasteiger partial charge in [0.15, 0.2) is 5.96 Å². The molecule has 1 aliphatic carbocycles. The van der Waals surface area contributed by atoms with Crippen LogP contribution >= 0.6 is 0 Å². The van der Waals surface area contributed by atoms with Crippen LogP contribution in [-0.4, -0.2) is 72.3 Å². The van der Waals surface area contributed by atoms with Crippen LogP contribution in [-0.2, 0) is 16.1 Å². The highest BCUT2D eigenvalue weighted by Gasteiger charge is 2.21. The molecule has 1 N–H and O–H groups in total. The topological polar surface area (TPSA) is 83.2 Å². The predicted molar refractivity (Wildman–Crippen MR) is 112 cm³/mol. The number of guanidine groups is 1. The van der Waals surface area contributed by atoms with Gasteiger partial charge in [-0.3, -0.25) is 14.7 Å². The highest BCUT2D eigenvalue weighted by atomic mass is 16.5. The predicted octanol–water partition coefficient (Wildman–Crippen LogP) is 2.33. The Hall–Kier alpha value is -2.09. The lowest BCUT2D eigenvalue weighted by atomic mass is 10.3. The molecule has 1 aliphatic heterocycles. The molecule has 8 nitrogen and oxygen atoms in total. The molecule has 0 spiro atoms. The standard InChI is InChI=1S/C21H35N5O3/c1-3-22-21(23-10-6-9-20(27)28-19-7-4-5-8-19)26-13-11-25(12-14-26)16-18-15-17(2)29-24-18/h15,19H,3-14,16H2,1-2H3,(H,22,23). The average molecular weight is 406 g/mol. The van der Waals surface area contributed by atoms with Gasteiger partial charge < -0.3 is 19.5 Å². The number of carbonyl (C=O) groups is 1. The van der Waals surface area contributed by atoms with Crippen LogP contribution in [0, 0.1) is 6.92 Å². The molecule has 0 aromatic carbocycles. The van der Waals surface area contributed by atoms with Crippen molar-refractivity contribution >= 4 is 11.9 Å². The summed E-state index contributed by atoms with van der Waals surface area (Å²) in [5.74, 6) is 1.72. The monoisotopic (exact) mass is 405 g/mol. The Balaban J connectivity index is 1.38. The van der Waals surface area contributed by atoms with E-state index in [1.807, 2.05) is 13.0 Å². The van der Waals surface area contributed by atoms with E-state index >= 15 is 0 Å². The third-order valence-corrected chi connectivity index (χ3v) is 5.47. The van der Waals surface area contributed by atoms with E-state index in [2.05, 4.69) is 27.2 Å². The second kappa shape index (κ2) is 11.2. The van der Waals surface area contributed by atoms with Crippen LogP contribution < -0.4 is 5.32 Å². The number of rotatable bonds is 8. The Morgan fingerprint density at radius 3 is 2.72 bits per heavy atom. The van der Waals surface area contributed by atoms with E-state index in [-0.39, 0.29) is 12.1 Å². The quantitative estimate of drug-likeness (QED) is 0.308. The summed E-state index contributed by atoms with van der Waals surface area (Å²) in [6, 6.07) is 2.00. The zero-order chi connectivity index (χ0) is 20.5. The van der Waals surface area contributed by atoms with Gasteiger partial charge in [-0.25, -0.2) is 0 Å². The molecule has 2 heterocycles. The number of aromatic nitrogens is 1. The number of esters is 1. The van der Waals surface area contributed by atoms with Crippen molar-refractivity contribution in [2.75, 3.05) is 39.3 Å². The Bertz CT molecular complexity index is 661. The number of aryl methyl sites for hydroxylation is 1. The van der Waals surface area contributed by atoms with Crippen molar-refractivity contribution in [3.05, 3.63) is 17.5 Å². The van der Waals surface area contributed by atoms with E-state index in [0.29, 0.717) is 13.0 Å². The molecule has 2 aliphatic rings. The Kier molecular flexibility index (Phi) is 8.34. The summed E-state index contributed by atoms with van der Waals surface area (Å²) in [6.07, 6.45) is 5.74. The van der Waals surface area contributed by atoms with Gasteiger partial charge in [0.2, 0.25) is 0 Å². The van der Waals surface area contributed by atoms with Crippen LogP contribution in [0.25, 0.3) is 0 Å². The first-order valence-electron chi connectivity index (χ1n) is 11.0. The van der Waals surface area contributed by atoms with Gasteiger partial charge >= 0.3 is 5.97 Å². The van der Waals surface area contributed by atoms with Gasteiger partial charge in [0.1, 0.15) is 11.9 Å². The Morgan fingerprint density at radius 2 is 2.07 bits per heavy atom. The largest absolute Gasteiger partial charge is 0.462 e. The SMILES string of the molecule is CCNC(=NCCCC(=O)OC1CCCC1)N1CCN(Cc2cc(C)on2)CC1. The molecule has 1 aromatic heterocycles. The maximum absolute atomic E-state index is 11.9. The fourth-order valence-corrected chi connectivity index (χ4v) is 3.92. The van der Waals surface area contributed by atoms with E-state index in [1.165, 1.54) is 12.8 Å². The van der Waals surface area contributed by atoms with Gasteiger partial charge in [0.25, 0.3) is 0 Å². The van der Waals surface area contributed by atoms with Crippen molar-refractivity contribution < 1.29 is 14.1 Å². The smallest absolute Gasteiger partial charge is 0.306 e. The third-order valence-electron chi connectivity index (χ3n) is 5.47. The van der Waals surface area contributed by atoms with Crippen molar-refractivity contribution in [1.82, 2.24) is 20.3 Å². The summed E-state index contributed by atoms with van der Waals surface area (Å²) in [6.45, 7) is 10.1. The normalized spacial score (nSPS) is 19.0. The van der Waals surface area contributed by atoms with Crippen LogP contribution in [0.4, 0.5) is 0 Å². The molecular weight excluding hydrogens is 370 g/mol. The first-order valence-corrected chi connectivity index (χ1v) is 11.0. The number of piperazine rings is 1. The maximum atomic E-state index is 11.9. The zero-order valence-corrected chi connectivity index (χ0v) is 17.9. The fraction of sp³-hybridized carbons (Fsp3) is 0.762. The molecule has 0 radical (unpaired) electrons. The molecule has 1 saturated heterocycles. The van der Waals surface area contributed by atoms with Crippen molar-refractivity contribution in [2.24, 2.45) is 4.99 Å². The Morgan fingerprint density at radius 1 is 1.31 bits per heavy atom. The van der Waals surface area contributed by atoms with E-state index in [4.69, 9.17) is 14.3 Å². The van der Waals surface area contributed by atoms with Crippen LogP contribution in [0.2, 0.25) is 0 Å². The van der Waals surface area contributed by atoms with Crippen molar-refractivity contribution in [3.8, 4) is 0 Å². The van der Waals surface area contributed by atoms with Crippen LogP contribution in [0.5, 0.6) is 0 Å². The fourth-order valence-electron chi connectivity index (χ4n) is 3.92.